The van der Waals surface area contributed by atoms with Crippen LogP contribution in [-0.4, -0.2) is 37.0 Å². The number of nitrogens with two attached hydrogens (primary N) is 1. The van der Waals surface area contributed by atoms with Gasteiger partial charge in [0.1, 0.15) is 5.75 Å². The molecule has 0 aliphatic carbocycles. The molecule has 4 heteroatoms. The second kappa shape index (κ2) is 7.14. The van der Waals surface area contributed by atoms with E-state index in [1.165, 1.54) is 5.56 Å². The molecule has 1 aromatic carbocycles. The van der Waals surface area contributed by atoms with Crippen LogP contribution in [0.5, 0.6) is 5.75 Å². The fourth-order valence-corrected chi connectivity index (χ4v) is 1.73. The third kappa shape index (κ3) is 4.56. The van der Waals surface area contributed by atoms with Crippen molar-refractivity contribution in [3.8, 4) is 5.75 Å². The van der Waals surface area contributed by atoms with Gasteiger partial charge in [0.2, 0.25) is 0 Å². The molecule has 1 aromatic rings. The molecule has 0 spiro atoms. The second-order valence-electron chi connectivity index (χ2n) is 5.04. The Labute approximate surface area is 115 Å². The smallest absolute Gasteiger partial charge is 0.260 e. The van der Waals surface area contributed by atoms with E-state index in [1.807, 2.05) is 32.9 Å². The van der Waals surface area contributed by atoms with E-state index >= 15 is 0 Å². The summed E-state index contributed by atoms with van der Waals surface area (Å²) in [6.07, 6.45) is 0.755. The summed E-state index contributed by atoms with van der Waals surface area (Å²) in [5.74, 6) is 0.732. The van der Waals surface area contributed by atoms with E-state index in [9.17, 15) is 4.79 Å². The van der Waals surface area contributed by atoms with E-state index in [4.69, 9.17) is 10.5 Å². The topological polar surface area (TPSA) is 55.6 Å². The van der Waals surface area contributed by atoms with Crippen LogP contribution < -0.4 is 10.5 Å². The largest absolute Gasteiger partial charge is 0.483 e. The molecule has 0 heterocycles. The van der Waals surface area contributed by atoms with Gasteiger partial charge < -0.3 is 15.4 Å². The van der Waals surface area contributed by atoms with Gasteiger partial charge in [-0.3, -0.25) is 4.79 Å². The number of ether oxygens (including phenoxy) is 1. The van der Waals surface area contributed by atoms with E-state index in [-0.39, 0.29) is 18.6 Å². The van der Waals surface area contributed by atoms with Gasteiger partial charge in [-0.1, -0.05) is 17.7 Å². The summed E-state index contributed by atoms with van der Waals surface area (Å²) in [5.41, 5.74) is 7.82. The summed E-state index contributed by atoms with van der Waals surface area (Å²) < 4.78 is 5.63. The van der Waals surface area contributed by atoms with Crippen molar-refractivity contribution in [3.05, 3.63) is 29.3 Å². The average Bonchev–Trinajstić information content (AvgIpc) is 2.36. The maximum absolute atomic E-state index is 11.9. The molecule has 0 saturated heterocycles. The lowest BCUT2D eigenvalue weighted by Gasteiger charge is -2.22. The molecule has 0 aliphatic rings. The van der Waals surface area contributed by atoms with E-state index in [0.29, 0.717) is 6.54 Å². The predicted octanol–water partition coefficient (Wildman–Crippen LogP) is 1.74. The van der Waals surface area contributed by atoms with E-state index < -0.39 is 0 Å². The summed E-state index contributed by atoms with van der Waals surface area (Å²) in [5, 5.41) is 0. The van der Waals surface area contributed by atoms with Gasteiger partial charge in [0, 0.05) is 13.1 Å². The van der Waals surface area contributed by atoms with Gasteiger partial charge in [-0.15, -0.1) is 0 Å². The number of nitrogens with zero attached hydrogens (tertiary/aromatic N) is 1. The summed E-state index contributed by atoms with van der Waals surface area (Å²) in [6, 6.07) is 6.12. The van der Waals surface area contributed by atoms with Crippen LogP contribution in [0, 0.1) is 6.92 Å². The molecule has 0 saturated carbocycles. The van der Waals surface area contributed by atoms with Crippen molar-refractivity contribution >= 4 is 5.91 Å². The summed E-state index contributed by atoms with van der Waals surface area (Å²) in [4.78, 5) is 13.5. The molecule has 1 rings (SSSR count). The zero-order valence-electron chi connectivity index (χ0n) is 12.3. The Balaban J connectivity index is 2.69. The minimum Gasteiger partial charge on any atom is -0.483 e. The fourth-order valence-electron chi connectivity index (χ4n) is 1.73. The molecule has 0 radical (unpaired) electrons. The van der Waals surface area contributed by atoms with E-state index in [0.717, 1.165) is 17.7 Å². The van der Waals surface area contributed by atoms with Gasteiger partial charge in [-0.2, -0.15) is 0 Å². The lowest BCUT2D eigenvalue weighted by molar-refractivity contribution is -0.133. The van der Waals surface area contributed by atoms with Crippen molar-refractivity contribution in [3.63, 3.8) is 0 Å². The maximum atomic E-state index is 11.9. The number of carbonyl (C=O) groups excluding carboxylic acids is 1. The van der Waals surface area contributed by atoms with Gasteiger partial charge in [0.25, 0.3) is 5.91 Å². The third-order valence-corrected chi connectivity index (χ3v) is 3.15. The molecule has 2 N–H and O–H groups in total. The molecule has 0 fully saturated rings. The highest BCUT2D eigenvalue weighted by molar-refractivity contribution is 5.77. The normalized spacial score (nSPS) is 10.6. The SMILES string of the molecule is Cc1ccc(OCC(=O)N(C)C(C)C)c(CCN)c1. The van der Waals surface area contributed by atoms with Crippen LogP contribution >= 0.6 is 0 Å². The molecule has 0 unspecified atom stereocenters. The Morgan fingerprint density at radius 2 is 2.11 bits per heavy atom. The number of hydrogen-bond acceptors (Lipinski definition) is 3. The highest BCUT2D eigenvalue weighted by Gasteiger charge is 2.13. The predicted molar refractivity (Wildman–Crippen MR) is 77.3 cm³/mol. The Morgan fingerprint density at radius 1 is 1.42 bits per heavy atom. The minimum absolute atomic E-state index is 0.0192. The van der Waals surface area contributed by atoms with Crippen LogP contribution in [-0.2, 0) is 11.2 Å². The second-order valence-corrected chi connectivity index (χ2v) is 5.04. The molecule has 4 nitrogen and oxygen atoms in total. The standard InChI is InChI=1S/C15H24N2O2/c1-11(2)17(4)15(18)10-19-14-6-5-12(3)9-13(14)7-8-16/h5-6,9,11H,7-8,10,16H2,1-4H3. The van der Waals surface area contributed by atoms with Crippen molar-refractivity contribution in [1.82, 2.24) is 4.90 Å². The molecule has 0 aromatic heterocycles. The number of aryl methyl sites for hydroxylation is 1. The molecular weight excluding hydrogens is 240 g/mol. The zero-order chi connectivity index (χ0) is 14.4. The van der Waals surface area contributed by atoms with Crippen LogP contribution in [0.15, 0.2) is 18.2 Å². The van der Waals surface area contributed by atoms with Gasteiger partial charge in [-0.25, -0.2) is 0 Å². The Bertz CT molecular complexity index is 430. The van der Waals surface area contributed by atoms with Crippen molar-refractivity contribution < 1.29 is 9.53 Å². The highest BCUT2D eigenvalue weighted by atomic mass is 16.5. The number of carbonyl (C=O) groups is 1. The number of benzene rings is 1. The number of rotatable bonds is 6. The van der Waals surface area contributed by atoms with Crippen molar-refractivity contribution in [2.24, 2.45) is 5.73 Å². The number of likely N-dealkylation sites (N-methyl/N-ethyl adjacent to an activating group) is 1. The fraction of sp³-hybridized carbons (Fsp3) is 0.533. The zero-order valence-corrected chi connectivity index (χ0v) is 12.3. The molecule has 0 atom stereocenters. The first-order valence-corrected chi connectivity index (χ1v) is 6.63. The molecular formula is C15H24N2O2. The Hall–Kier alpha value is -1.55. The van der Waals surface area contributed by atoms with E-state index in [2.05, 4.69) is 6.07 Å². The van der Waals surface area contributed by atoms with Gasteiger partial charge in [0.05, 0.1) is 0 Å². The molecule has 0 bridgehead atoms. The summed E-state index contributed by atoms with van der Waals surface area (Å²) in [7, 11) is 1.78. The lowest BCUT2D eigenvalue weighted by Crippen LogP contribution is -2.36. The highest BCUT2D eigenvalue weighted by Crippen LogP contribution is 2.20. The van der Waals surface area contributed by atoms with Crippen LogP contribution in [0.4, 0.5) is 0 Å². The monoisotopic (exact) mass is 264 g/mol. The van der Waals surface area contributed by atoms with Gasteiger partial charge in [-0.05, 0) is 45.4 Å². The van der Waals surface area contributed by atoms with Gasteiger partial charge >= 0.3 is 0 Å². The summed E-state index contributed by atoms with van der Waals surface area (Å²) >= 11 is 0. The minimum atomic E-state index is -0.0192. The van der Waals surface area contributed by atoms with E-state index in [1.54, 1.807) is 11.9 Å². The Kier molecular flexibility index (Phi) is 5.83. The quantitative estimate of drug-likeness (QED) is 0.851. The molecule has 106 valence electrons. The maximum Gasteiger partial charge on any atom is 0.260 e. The lowest BCUT2D eigenvalue weighted by atomic mass is 10.1. The van der Waals surface area contributed by atoms with Gasteiger partial charge in [0.15, 0.2) is 6.61 Å². The number of amides is 1. The van der Waals surface area contributed by atoms with Crippen LogP contribution in [0.25, 0.3) is 0 Å². The van der Waals surface area contributed by atoms with Crippen molar-refractivity contribution in [2.75, 3.05) is 20.2 Å². The van der Waals surface area contributed by atoms with Crippen molar-refractivity contribution in [2.45, 2.75) is 33.2 Å². The molecule has 1 amide bonds. The summed E-state index contributed by atoms with van der Waals surface area (Å²) in [6.45, 7) is 6.61. The molecule has 0 aliphatic heterocycles. The number of hydrogen-bond donors (Lipinski definition) is 1. The van der Waals surface area contributed by atoms with Crippen LogP contribution in [0.3, 0.4) is 0 Å². The third-order valence-electron chi connectivity index (χ3n) is 3.15. The van der Waals surface area contributed by atoms with Crippen LogP contribution in [0.1, 0.15) is 25.0 Å². The average molecular weight is 264 g/mol. The first-order valence-electron chi connectivity index (χ1n) is 6.63. The first-order chi connectivity index (χ1) is 8.95. The molecule has 19 heavy (non-hydrogen) atoms. The van der Waals surface area contributed by atoms with Crippen molar-refractivity contribution in [1.29, 1.82) is 0 Å². The Morgan fingerprint density at radius 3 is 2.68 bits per heavy atom. The first kappa shape index (κ1) is 15.5. The van der Waals surface area contributed by atoms with Crippen LogP contribution in [0.2, 0.25) is 0 Å².